The maximum absolute atomic E-state index is 5.27. The maximum Gasteiger partial charge on any atom is 0.0954 e. The van der Waals surface area contributed by atoms with E-state index in [-0.39, 0.29) is 11.0 Å². The highest BCUT2D eigenvalue weighted by Crippen LogP contribution is 2.58. The SMILES string of the molecule is C=C/C=c1/c(-c2ccc3c(c2)-c2ccccc2C24C=CC=C[C@@]2(C)N=C34)c2cc3ccccc3cc2c(-c2ccccc2)c1=C. The molecule has 0 fully saturated rings. The van der Waals surface area contributed by atoms with Gasteiger partial charge in [0.15, 0.2) is 0 Å². The minimum absolute atomic E-state index is 0.238. The summed E-state index contributed by atoms with van der Waals surface area (Å²) in [4.78, 5) is 5.27. The number of nitrogens with zero attached hydrogens (tertiary/aromatic N) is 1. The summed E-state index contributed by atoms with van der Waals surface area (Å²) in [6.07, 6.45) is 12.9. The van der Waals surface area contributed by atoms with Crippen LogP contribution in [0.25, 0.3) is 67.6 Å². The standard InChI is InChI=1S/C44H31N/c1-4-14-33-28(2)40(29-15-6-5-7-16-29)37-25-30-17-8-9-18-31(30)26-38(37)41(33)32-21-22-35-36(27-32)34-19-10-11-20-39(34)44-24-13-12-23-43(44,3)45-42(35)44/h4-27H,1-2H2,3H3/b33-14+/t43-,44?/m1/s1. The molecule has 0 N–H and O–H groups in total. The Balaban J connectivity index is 1.39. The predicted octanol–water partition coefficient (Wildman–Crippen LogP) is 9.31. The first kappa shape index (κ1) is 25.9. The summed E-state index contributed by atoms with van der Waals surface area (Å²) in [6.45, 7) is 11.1. The Labute approximate surface area is 263 Å². The normalized spacial score (nSPS) is 21.0. The topological polar surface area (TPSA) is 12.4 Å². The third kappa shape index (κ3) is 3.36. The average molecular weight is 574 g/mol. The third-order valence-electron chi connectivity index (χ3n) is 10.3. The van der Waals surface area contributed by atoms with Crippen molar-refractivity contribution in [1.82, 2.24) is 0 Å². The van der Waals surface area contributed by atoms with Crippen molar-refractivity contribution in [1.29, 1.82) is 0 Å². The number of benzene rings is 6. The second kappa shape index (κ2) is 9.24. The van der Waals surface area contributed by atoms with Crippen LogP contribution in [0, 0.1) is 0 Å². The monoisotopic (exact) mass is 573 g/mol. The van der Waals surface area contributed by atoms with Crippen LogP contribution in [0.5, 0.6) is 0 Å². The van der Waals surface area contributed by atoms with Crippen LogP contribution in [0.3, 0.4) is 0 Å². The van der Waals surface area contributed by atoms with Gasteiger partial charge in [0, 0.05) is 5.56 Å². The summed E-state index contributed by atoms with van der Waals surface area (Å²) in [6, 6.07) is 39.8. The van der Waals surface area contributed by atoms with E-state index >= 15 is 0 Å². The van der Waals surface area contributed by atoms with Gasteiger partial charge in [-0.3, -0.25) is 4.99 Å². The van der Waals surface area contributed by atoms with Gasteiger partial charge in [-0.05, 0) is 96.0 Å². The molecule has 1 nitrogen and oxygen atoms in total. The molecule has 2 atom stereocenters. The Bertz CT molecular complexity index is 2480. The Kier molecular flexibility index (Phi) is 5.32. The van der Waals surface area contributed by atoms with E-state index in [4.69, 9.17) is 11.6 Å². The van der Waals surface area contributed by atoms with Crippen molar-refractivity contribution >= 4 is 39.9 Å². The fraction of sp³-hybridized carbons (Fsp3) is 0.0682. The van der Waals surface area contributed by atoms with E-state index in [2.05, 4.69) is 153 Å². The molecule has 212 valence electrons. The van der Waals surface area contributed by atoms with Gasteiger partial charge in [0.05, 0.1) is 16.7 Å². The molecule has 0 amide bonds. The molecule has 2 aliphatic carbocycles. The molecular formula is C44H31N. The smallest absolute Gasteiger partial charge is 0.0954 e. The second-order valence-electron chi connectivity index (χ2n) is 12.6. The van der Waals surface area contributed by atoms with Crippen LogP contribution in [0.15, 0.2) is 151 Å². The Morgan fingerprint density at radius 1 is 0.644 bits per heavy atom. The summed E-state index contributed by atoms with van der Waals surface area (Å²) in [5.41, 5.74) is 10.4. The van der Waals surface area contributed by atoms with Crippen molar-refractivity contribution in [3.8, 4) is 33.4 Å². The van der Waals surface area contributed by atoms with Crippen LogP contribution in [0.1, 0.15) is 18.1 Å². The molecule has 45 heavy (non-hydrogen) atoms. The summed E-state index contributed by atoms with van der Waals surface area (Å²) < 4.78 is 0. The van der Waals surface area contributed by atoms with Crippen LogP contribution >= 0.6 is 0 Å². The molecule has 6 aromatic rings. The Hall–Kier alpha value is -5.53. The molecule has 9 rings (SSSR count). The molecule has 0 bridgehead atoms. The van der Waals surface area contributed by atoms with Gasteiger partial charge in [0.1, 0.15) is 0 Å². The van der Waals surface area contributed by atoms with Crippen LogP contribution in [0.4, 0.5) is 0 Å². The quantitative estimate of drug-likeness (QED) is 0.187. The lowest BCUT2D eigenvalue weighted by molar-refractivity contribution is 0.398. The largest absolute Gasteiger partial charge is 0.276 e. The highest BCUT2D eigenvalue weighted by atomic mass is 15.0. The molecule has 1 spiro atoms. The fourth-order valence-corrected chi connectivity index (χ4v) is 8.20. The van der Waals surface area contributed by atoms with Crippen LogP contribution in [-0.2, 0) is 5.41 Å². The van der Waals surface area contributed by atoms with E-state index in [1.54, 1.807) is 0 Å². The zero-order valence-corrected chi connectivity index (χ0v) is 25.2. The van der Waals surface area contributed by atoms with E-state index in [9.17, 15) is 0 Å². The van der Waals surface area contributed by atoms with Crippen molar-refractivity contribution < 1.29 is 0 Å². The van der Waals surface area contributed by atoms with Crippen LogP contribution < -0.4 is 10.4 Å². The van der Waals surface area contributed by atoms with Gasteiger partial charge in [-0.15, -0.1) is 0 Å². The average Bonchev–Trinajstić information content (AvgIpc) is 3.06. The van der Waals surface area contributed by atoms with Gasteiger partial charge >= 0.3 is 0 Å². The molecule has 3 aliphatic rings. The van der Waals surface area contributed by atoms with E-state index < -0.39 is 0 Å². The highest BCUT2D eigenvalue weighted by Gasteiger charge is 2.61. The van der Waals surface area contributed by atoms with Gasteiger partial charge in [0.2, 0.25) is 0 Å². The second-order valence-corrected chi connectivity index (χ2v) is 12.6. The van der Waals surface area contributed by atoms with Crippen molar-refractivity contribution in [2.24, 2.45) is 4.99 Å². The Morgan fingerprint density at radius 3 is 2.09 bits per heavy atom. The number of hydrogen-bond donors (Lipinski definition) is 0. The number of rotatable bonds is 3. The van der Waals surface area contributed by atoms with Gasteiger partial charge in [-0.2, -0.15) is 0 Å². The molecule has 1 heterocycles. The van der Waals surface area contributed by atoms with E-state index in [1.807, 2.05) is 6.08 Å². The van der Waals surface area contributed by atoms with Crippen molar-refractivity contribution in [3.05, 3.63) is 168 Å². The fourth-order valence-electron chi connectivity index (χ4n) is 8.20. The zero-order valence-electron chi connectivity index (χ0n) is 25.2. The number of fused-ring (bicyclic) bond motifs is 6. The van der Waals surface area contributed by atoms with E-state index in [0.717, 1.165) is 16.1 Å². The lowest BCUT2D eigenvalue weighted by atomic mass is 9.52. The lowest BCUT2D eigenvalue weighted by Crippen LogP contribution is -2.62. The molecule has 0 aromatic heterocycles. The summed E-state index contributed by atoms with van der Waals surface area (Å²) >= 11 is 0. The number of aliphatic imine (C=N–C) groups is 1. The molecule has 1 unspecified atom stereocenters. The zero-order chi connectivity index (χ0) is 30.3. The number of allylic oxidation sites excluding steroid dienone is 3. The van der Waals surface area contributed by atoms with Crippen molar-refractivity contribution in [3.63, 3.8) is 0 Å². The van der Waals surface area contributed by atoms with Crippen molar-refractivity contribution in [2.45, 2.75) is 17.9 Å². The molecule has 6 aromatic carbocycles. The molecule has 0 radical (unpaired) electrons. The van der Waals surface area contributed by atoms with Gasteiger partial charge in [-0.25, -0.2) is 0 Å². The summed E-state index contributed by atoms with van der Waals surface area (Å²) in [7, 11) is 0. The Morgan fingerprint density at radius 2 is 1.33 bits per heavy atom. The molecule has 1 aliphatic heterocycles. The van der Waals surface area contributed by atoms with Crippen LogP contribution in [0.2, 0.25) is 0 Å². The predicted molar refractivity (Wildman–Crippen MR) is 192 cm³/mol. The van der Waals surface area contributed by atoms with E-state index in [1.165, 1.54) is 66.1 Å². The first-order valence-electron chi connectivity index (χ1n) is 15.6. The lowest BCUT2D eigenvalue weighted by Gasteiger charge is -2.56. The number of hydrogen-bond acceptors (Lipinski definition) is 1. The van der Waals surface area contributed by atoms with E-state index in [0.29, 0.717) is 0 Å². The minimum Gasteiger partial charge on any atom is -0.276 e. The third-order valence-corrected chi connectivity index (χ3v) is 10.3. The maximum atomic E-state index is 5.27. The van der Waals surface area contributed by atoms with Gasteiger partial charge < -0.3 is 0 Å². The van der Waals surface area contributed by atoms with Gasteiger partial charge in [0.25, 0.3) is 0 Å². The van der Waals surface area contributed by atoms with Crippen LogP contribution in [-0.4, -0.2) is 11.3 Å². The molecule has 0 saturated carbocycles. The minimum atomic E-state index is -0.275. The van der Waals surface area contributed by atoms with Crippen molar-refractivity contribution in [2.75, 3.05) is 0 Å². The summed E-state index contributed by atoms with van der Waals surface area (Å²) in [5, 5.41) is 6.96. The van der Waals surface area contributed by atoms with Gasteiger partial charge in [-0.1, -0.05) is 141 Å². The highest BCUT2D eigenvalue weighted by molar-refractivity contribution is 6.22. The first-order valence-corrected chi connectivity index (χ1v) is 15.6. The molecular weight excluding hydrogens is 542 g/mol. The first-order chi connectivity index (χ1) is 22.0. The molecule has 0 saturated heterocycles. The summed E-state index contributed by atoms with van der Waals surface area (Å²) in [5.74, 6) is 0. The molecule has 1 heteroatoms.